The lowest BCUT2D eigenvalue weighted by atomic mass is 10.2. The Bertz CT molecular complexity index is 946. The number of aliphatic imine (C=N–C) groups is 1. The summed E-state index contributed by atoms with van der Waals surface area (Å²) in [7, 11) is 3.29. The third kappa shape index (κ3) is 6.34. The zero-order valence-electron chi connectivity index (χ0n) is 17.3. The van der Waals surface area contributed by atoms with E-state index < -0.39 is 0 Å². The van der Waals surface area contributed by atoms with Gasteiger partial charge in [-0.3, -0.25) is 4.57 Å². The molecule has 3 rings (SSSR count). The van der Waals surface area contributed by atoms with E-state index in [1.54, 1.807) is 32.9 Å². The molecule has 0 saturated carbocycles. The first-order chi connectivity index (χ1) is 14.2. The SMILES string of the molecule is CCNC(=NCc1ccnc(-n2ccnc2)c1)NCc1ccc(OC)cc1OC.I. The molecular weight excluding hydrogens is 495 g/mol. The van der Waals surface area contributed by atoms with E-state index in [9.17, 15) is 0 Å². The monoisotopic (exact) mass is 522 g/mol. The van der Waals surface area contributed by atoms with Gasteiger partial charge in [-0.15, -0.1) is 24.0 Å². The van der Waals surface area contributed by atoms with Crippen LogP contribution in [0.4, 0.5) is 0 Å². The summed E-state index contributed by atoms with van der Waals surface area (Å²) >= 11 is 0. The molecule has 0 aliphatic carbocycles. The maximum Gasteiger partial charge on any atom is 0.191 e. The minimum Gasteiger partial charge on any atom is -0.497 e. The molecule has 0 aliphatic heterocycles. The molecule has 9 heteroatoms. The first-order valence-electron chi connectivity index (χ1n) is 9.39. The van der Waals surface area contributed by atoms with Gasteiger partial charge in [-0.05, 0) is 36.8 Å². The van der Waals surface area contributed by atoms with Gasteiger partial charge < -0.3 is 20.1 Å². The minimum atomic E-state index is 0. The highest BCUT2D eigenvalue weighted by molar-refractivity contribution is 14.0. The van der Waals surface area contributed by atoms with Gasteiger partial charge >= 0.3 is 0 Å². The summed E-state index contributed by atoms with van der Waals surface area (Å²) < 4.78 is 12.6. The van der Waals surface area contributed by atoms with Crippen molar-refractivity contribution in [2.24, 2.45) is 4.99 Å². The number of methoxy groups -OCH3 is 2. The van der Waals surface area contributed by atoms with Crippen LogP contribution in [0, 0.1) is 0 Å². The summed E-state index contributed by atoms with van der Waals surface area (Å²) in [5.41, 5.74) is 2.08. The van der Waals surface area contributed by atoms with Crippen LogP contribution < -0.4 is 20.1 Å². The van der Waals surface area contributed by atoms with E-state index in [0.29, 0.717) is 13.1 Å². The first kappa shape index (κ1) is 23.5. The number of benzene rings is 1. The Kier molecular flexibility index (Phi) is 9.39. The van der Waals surface area contributed by atoms with Gasteiger partial charge in [-0.25, -0.2) is 15.0 Å². The smallest absolute Gasteiger partial charge is 0.191 e. The second-order valence-electron chi connectivity index (χ2n) is 6.22. The Balaban J connectivity index is 0.00000320. The standard InChI is InChI=1S/C21H26N6O2.HI/c1-4-23-21(26-14-17-5-6-18(28-2)12-19(17)29-3)25-13-16-7-8-24-20(11-16)27-10-9-22-15-27;/h5-12,15H,4,13-14H2,1-3H3,(H2,23,25,26);1H. The maximum atomic E-state index is 5.46. The lowest BCUT2D eigenvalue weighted by Crippen LogP contribution is -2.36. The van der Waals surface area contributed by atoms with E-state index in [-0.39, 0.29) is 24.0 Å². The molecule has 2 heterocycles. The molecule has 2 aromatic heterocycles. The quantitative estimate of drug-likeness (QED) is 0.269. The van der Waals surface area contributed by atoms with Crippen LogP contribution in [-0.4, -0.2) is 41.3 Å². The van der Waals surface area contributed by atoms with Crippen LogP contribution in [0.25, 0.3) is 5.82 Å². The van der Waals surface area contributed by atoms with E-state index in [2.05, 4.69) is 25.6 Å². The molecular formula is C21H27IN6O2. The molecule has 8 nitrogen and oxygen atoms in total. The lowest BCUT2D eigenvalue weighted by Gasteiger charge is -2.14. The Morgan fingerprint density at radius 2 is 1.97 bits per heavy atom. The molecule has 0 bridgehead atoms. The minimum absolute atomic E-state index is 0. The highest BCUT2D eigenvalue weighted by Crippen LogP contribution is 2.24. The van der Waals surface area contributed by atoms with Gasteiger partial charge in [0.25, 0.3) is 0 Å². The molecule has 0 unspecified atom stereocenters. The highest BCUT2D eigenvalue weighted by atomic mass is 127. The first-order valence-corrected chi connectivity index (χ1v) is 9.39. The van der Waals surface area contributed by atoms with Gasteiger partial charge in [0.15, 0.2) is 5.96 Å². The molecule has 1 aromatic carbocycles. The molecule has 160 valence electrons. The summed E-state index contributed by atoms with van der Waals surface area (Å²) in [6.45, 7) is 3.91. The number of ether oxygens (including phenoxy) is 2. The van der Waals surface area contributed by atoms with E-state index >= 15 is 0 Å². The fraction of sp³-hybridized carbons (Fsp3) is 0.286. The average molecular weight is 522 g/mol. The summed E-state index contributed by atoms with van der Waals surface area (Å²) in [4.78, 5) is 13.1. The van der Waals surface area contributed by atoms with Crippen LogP contribution in [0.5, 0.6) is 11.5 Å². The van der Waals surface area contributed by atoms with Gasteiger partial charge in [-0.2, -0.15) is 0 Å². The topological polar surface area (TPSA) is 85.6 Å². The third-order valence-corrected chi connectivity index (χ3v) is 4.28. The van der Waals surface area contributed by atoms with Gasteiger partial charge in [0.1, 0.15) is 23.6 Å². The van der Waals surface area contributed by atoms with Crippen molar-refractivity contribution < 1.29 is 9.47 Å². The Labute approximate surface area is 193 Å². The maximum absolute atomic E-state index is 5.46. The number of guanidine groups is 1. The van der Waals surface area contributed by atoms with Crippen LogP contribution in [0.1, 0.15) is 18.1 Å². The largest absolute Gasteiger partial charge is 0.497 e. The number of halogens is 1. The van der Waals surface area contributed by atoms with Crippen LogP contribution in [0.2, 0.25) is 0 Å². The molecule has 0 atom stereocenters. The third-order valence-electron chi connectivity index (χ3n) is 4.28. The molecule has 0 amide bonds. The normalized spacial score (nSPS) is 10.8. The molecule has 0 radical (unpaired) electrons. The number of hydrogen-bond acceptors (Lipinski definition) is 5. The molecule has 2 N–H and O–H groups in total. The fourth-order valence-corrected chi connectivity index (χ4v) is 2.78. The van der Waals surface area contributed by atoms with Crippen molar-refractivity contribution in [3.8, 4) is 17.3 Å². The number of aromatic nitrogens is 3. The van der Waals surface area contributed by atoms with E-state index in [1.165, 1.54) is 0 Å². The van der Waals surface area contributed by atoms with Crippen molar-refractivity contribution in [1.82, 2.24) is 25.2 Å². The van der Waals surface area contributed by atoms with Crippen LogP contribution in [0.3, 0.4) is 0 Å². The summed E-state index contributed by atoms with van der Waals surface area (Å²) in [5, 5.41) is 6.62. The van der Waals surface area contributed by atoms with Crippen molar-refractivity contribution >= 4 is 29.9 Å². The molecule has 0 saturated heterocycles. The molecule has 0 aliphatic rings. The van der Waals surface area contributed by atoms with Crippen LogP contribution in [0.15, 0.2) is 60.2 Å². The van der Waals surface area contributed by atoms with Crippen molar-refractivity contribution in [3.05, 3.63) is 66.4 Å². The highest BCUT2D eigenvalue weighted by Gasteiger charge is 2.06. The number of pyridine rings is 1. The van der Waals surface area contributed by atoms with Crippen LogP contribution in [-0.2, 0) is 13.1 Å². The second kappa shape index (κ2) is 12.0. The Hall–Kier alpha value is -2.82. The van der Waals surface area contributed by atoms with Gasteiger partial charge in [-0.1, -0.05) is 0 Å². The molecule has 30 heavy (non-hydrogen) atoms. The van der Waals surface area contributed by atoms with Gasteiger partial charge in [0.2, 0.25) is 0 Å². The van der Waals surface area contributed by atoms with Crippen molar-refractivity contribution in [3.63, 3.8) is 0 Å². The van der Waals surface area contributed by atoms with Crippen molar-refractivity contribution in [1.29, 1.82) is 0 Å². The van der Waals surface area contributed by atoms with E-state index in [0.717, 1.165) is 40.9 Å². The molecule has 0 fully saturated rings. The number of nitrogens with one attached hydrogen (secondary N) is 2. The van der Waals surface area contributed by atoms with Gasteiger partial charge in [0, 0.05) is 43.3 Å². The fourth-order valence-electron chi connectivity index (χ4n) is 2.78. The second-order valence-corrected chi connectivity index (χ2v) is 6.22. The van der Waals surface area contributed by atoms with Gasteiger partial charge in [0.05, 0.1) is 20.8 Å². The Morgan fingerprint density at radius 1 is 1.10 bits per heavy atom. The number of nitrogens with zero attached hydrogens (tertiary/aromatic N) is 4. The zero-order chi connectivity index (χ0) is 20.5. The van der Waals surface area contributed by atoms with Crippen molar-refractivity contribution in [2.75, 3.05) is 20.8 Å². The van der Waals surface area contributed by atoms with Crippen LogP contribution >= 0.6 is 24.0 Å². The zero-order valence-corrected chi connectivity index (χ0v) is 19.7. The summed E-state index contributed by atoms with van der Waals surface area (Å²) in [6.07, 6.45) is 7.10. The number of imidazole rings is 1. The number of hydrogen-bond donors (Lipinski definition) is 2. The summed E-state index contributed by atoms with van der Waals surface area (Å²) in [5.74, 6) is 3.08. The van der Waals surface area contributed by atoms with E-state index in [1.807, 2.05) is 48.0 Å². The molecule has 3 aromatic rings. The predicted molar refractivity (Wildman–Crippen MR) is 128 cm³/mol. The van der Waals surface area contributed by atoms with Crippen molar-refractivity contribution in [2.45, 2.75) is 20.0 Å². The average Bonchev–Trinajstić information content (AvgIpc) is 3.31. The van der Waals surface area contributed by atoms with E-state index in [4.69, 9.17) is 9.47 Å². The predicted octanol–water partition coefficient (Wildman–Crippen LogP) is 3.16. The Morgan fingerprint density at radius 3 is 2.67 bits per heavy atom. The summed E-state index contributed by atoms with van der Waals surface area (Å²) in [6, 6.07) is 9.73. The lowest BCUT2D eigenvalue weighted by molar-refractivity contribution is 0.390. The number of rotatable bonds is 8. The molecule has 0 spiro atoms.